The van der Waals surface area contributed by atoms with Crippen LogP contribution in [0.4, 0.5) is 0 Å². The quantitative estimate of drug-likeness (QED) is 0.130. The number of rotatable bonds is 11. The zero-order valence-electron chi connectivity index (χ0n) is 20.7. The Morgan fingerprint density at radius 2 is 1.61 bits per heavy atom. The fourth-order valence-electron chi connectivity index (χ4n) is 2.84. The first-order valence-electron chi connectivity index (χ1n) is 10.6. The second-order valence-corrected chi connectivity index (χ2v) is 14.1. The molecule has 0 unspecified atom stereocenters. The van der Waals surface area contributed by atoms with Gasteiger partial charge in [-0.05, 0) is 69.8 Å². The molecule has 2 atom stereocenters. The molecule has 184 valence electrons. The molecule has 1 aromatic carbocycles. The lowest BCUT2D eigenvalue weighted by Gasteiger charge is -2.31. The lowest BCUT2D eigenvalue weighted by molar-refractivity contribution is -0.149. The van der Waals surface area contributed by atoms with Gasteiger partial charge < -0.3 is 18.6 Å². The lowest BCUT2D eigenvalue weighted by atomic mass is 9.94. The van der Waals surface area contributed by atoms with E-state index < -0.39 is 32.3 Å². The SMILES string of the molecule is CCOC(=O)/C(=C/[C@@H](C(=O)OCC)[C@H](O[Si](C)(C)C)c1ccc(OC)cc1)N=C(SC)SC. The number of thioether (sulfide) groups is 2. The molecule has 7 nitrogen and oxygen atoms in total. The summed E-state index contributed by atoms with van der Waals surface area (Å²) in [4.78, 5) is 30.3. The molecular formula is C23H35NO6S2Si. The average Bonchev–Trinajstić information content (AvgIpc) is 2.77. The van der Waals surface area contributed by atoms with Crippen molar-refractivity contribution in [2.75, 3.05) is 32.8 Å². The molecule has 1 aromatic rings. The normalized spacial score (nSPS) is 13.6. The smallest absolute Gasteiger partial charge is 0.356 e. The van der Waals surface area contributed by atoms with Crippen LogP contribution >= 0.6 is 23.5 Å². The molecule has 0 aliphatic heterocycles. The van der Waals surface area contributed by atoms with E-state index in [0.29, 0.717) is 10.1 Å². The van der Waals surface area contributed by atoms with Gasteiger partial charge in [0.15, 0.2) is 8.32 Å². The number of esters is 2. The summed E-state index contributed by atoms with van der Waals surface area (Å²) < 4.78 is 23.0. The van der Waals surface area contributed by atoms with Crippen molar-refractivity contribution in [2.24, 2.45) is 10.9 Å². The van der Waals surface area contributed by atoms with E-state index in [-0.39, 0.29) is 18.9 Å². The molecule has 0 aliphatic rings. The first kappa shape index (κ1) is 29.3. The maximum Gasteiger partial charge on any atom is 0.356 e. The number of nitrogens with zero attached hydrogens (tertiary/aromatic N) is 1. The molecule has 1 rings (SSSR count). The van der Waals surface area contributed by atoms with Crippen molar-refractivity contribution in [2.45, 2.75) is 39.6 Å². The molecular weight excluding hydrogens is 478 g/mol. The molecule has 0 saturated heterocycles. The molecule has 0 saturated carbocycles. The van der Waals surface area contributed by atoms with E-state index in [4.69, 9.17) is 18.6 Å². The van der Waals surface area contributed by atoms with E-state index in [9.17, 15) is 9.59 Å². The lowest BCUT2D eigenvalue weighted by Crippen LogP contribution is -2.34. The van der Waals surface area contributed by atoms with E-state index >= 15 is 0 Å². The van der Waals surface area contributed by atoms with Crippen molar-refractivity contribution in [1.29, 1.82) is 0 Å². The van der Waals surface area contributed by atoms with Crippen LogP contribution < -0.4 is 4.74 Å². The van der Waals surface area contributed by atoms with Gasteiger partial charge in [-0.25, -0.2) is 9.79 Å². The number of ether oxygens (including phenoxy) is 3. The van der Waals surface area contributed by atoms with Crippen LogP contribution in [0.2, 0.25) is 19.6 Å². The minimum absolute atomic E-state index is 0.0475. The summed E-state index contributed by atoms with van der Waals surface area (Å²) in [5.74, 6) is -1.31. The second-order valence-electron chi connectivity index (χ2n) is 7.76. The molecule has 0 spiro atoms. The Labute approximate surface area is 206 Å². The Morgan fingerprint density at radius 3 is 2.06 bits per heavy atom. The third-order valence-corrected chi connectivity index (χ3v) is 7.03. The maximum absolute atomic E-state index is 13.1. The first-order chi connectivity index (χ1) is 15.6. The molecule has 0 N–H and O–H groups in total. The van der Waals surface area contributed by atoms with Crippen LogP contribution in [0.3, 0.4) is 0 Å². The topological polar surface area (TPSA) is 83.4 Å². The summed E-state index contributed by atoms with van der Waals surface area (Å²) in [6, 6.07) is 7.33. The summed E-state index contributed by atoms with van der Waals surface area (Å²) >= 11 is 2.82. The van der Waals surface area contributed by atoms with E-state index in [1.165, 1.54) is 29.6 Å². The largest absolute Gasteiger partial charge is 0.497 e. The van der Waals surface area contributed by atoms with Crippen molar-refractivity contribution in [3.8, 4) is 5.75 Å². The molecule has 0 heterocycles. The van der Waals surface area contributed by atoms with Crippen LogP contribution in [0.25, 0.3) is 0 Å². The molecule has 0 fully saturated rings. The molecule has 10 heteroatoms. The fraction of sp³-hybridized carbons (Fsp3) is 0.522. The van der Waals surface area contributed by atoms with Gasteiger partial charge in [-0.3, -0.25) is 4.79 Å². The summed E-state index contributed by atoms with van der Waals surface area (Å²) in [5.41, 5.74) is 0.820. The highest BCUT2D eigenvalue weighted by molar-refractivity contribution is 8.38. The van der Waals surface area contributed by atoms with Crippen molar-refractivity contribution < 1.29 is 28.2 Å². The Bertz CT molecular complexity index is 830. The summed E-state index contributed by atoms with van der Waals surface area (Å²) in [5, 5.41) is 0. The van der Waals surface area contributed by atoms with E-state index in [0.717, 1.165) is 5.56 Å². The highest BCUT2D eigenvalue weighted by Crippen LogP contribution is 2.34. The fourth-order valence-corrected chi connectivity index (χ4v) is 4.93. The number of benzene rings is 1. The Balaban J connectivity index is 3.70. The van der Waals surface area contributed by atoms with Gasteiger partial charge in [0.25, 0.3) is 0 Å². The third-order valence-electron chi connectivity index (χ3n) is 4.19. The Hall–Kier alpha value is -1.75. The van der Waals surface area contributed by atoms with Crippen LogP contribution in [0, 0.1) is 5.92 Å². The van der Waals surface area contributed by atoms with E-state index in [1.807, 2.05) is 56.4 Å². The molecule has 0 radical (unpaired) electrons. The van der Waals surface area contributed by atoms with Crippen LogP contribution in [-0.4, -0.2) is 57.5 Å². The molecule has 0 amide bonds. The van der Waals surface area contributed by atoms with Crippen LogP contribution in [0.1, 0.15) is 25.5 Å². The summed E-state index contributed by atoms with van der Waals surface area (Å²) in [6.45, 7) is 9.98. The van der Waals surface area contributed by atoms with Crippen molar-refractivity contribution in [1.82, 2.24) is 0 Å². The number of carbonyl (C=O) groups is 2. The highest BCUT2D eigenvalue weighted by atomic mass is 32.2. The number of aliphatic imine (C=N–C) groups is 1. The van der Waals surface area contributed by atoms with Gasteiger partial charge in [0.05, 0.1) is 26.4 Å². The first-order valence-corrected chi connectivity index (χ1v) is 16.5. The molecule has 0 aromatic heterocycles. The zero-order chi connectivity index (χ0) is 25.0. The minimum Gasteiger partial charge on any atom is -0.497 e. The van der Waals surface area contributed by atoms with E-state index in [2.05, 4.69) is 4.99 Å². The Morgan fingerprint density at radius 1 is 1.03 bits per heavy atom. The second kappa shape index (κ2) is 14.5. The highest BCUT2D eigenvalue weighted by Gasteiger charge is 2.35. The summed E-state index contributed by atoms with van der Waals surface area (Å²) in [6.07, 6.45) is 4.58. The van der Waals surface area contributed by atoms with Gasteiger partial charge in [0, 0.05) is 0 Å². The predicted octanol–water partition coefficient (Wildman–Crippen LogP) is 5.30. The number of hydrogen-bond donors (Lipinski definition) is 0. The van der Waals surface area contributed by atoms with Crippen molar-refractivity contribution >= 4 is 48.2 Å². The van der Waals surface area contributed by atoms with Gasteiger partial charge in [-0.1, -0.05) is 12.1 Å². The predicted molar refractivity (Wildman–Crippen MR) is 139 cm³/mol. The van der Waals surface area contributed by atoms with Gasteiger partial charge >= 0.3 is 11.9 Å². The molecule has 0 bridgehead atoms. The third kappa shape index (κ3) is 9.95. The van der Waals surface area contributed by atoms with Crippen molar-refractivity contribution in [3.63, 3.8) is 0 Å². The maximum atomic E-state index is 13.1. The zero-order valence-corrected chi connectivity index (χ0v) is 23.3. The summed E-state index contributed by atoms with van der Waals surface area (Å²) in [7, 11) is -0.533. The van der Waals surface area contributed by atoms with E-state index in [1.54, 1.807) is 21.0 Å². The standard InChI is InChI=1S/C23H35NO6S2Si/c1-9-28-21(25)18(15-19(22(26)29-10-2)24-23(31-4)32-5)20(30-33(6,7)8)16-11-13-17(27-3)14-12-16/h11-15,18,20H,9-10H2,1-8H3/b19-15-/t18-,20-/m1/s1. The number of hydrogen-bond acceptors (Lipinski definition) is 9. The number of carbonyl (C=O) groups excluding carboxylic acids is 2. The Kier molecular flexibility index (Phi) is 12.9. The van der Waals surface area contributed by atoms with Gasteiger partial charge in [-0.15, -0.1) is 23.5 Å². The van der Waals surface area contributed by atoms with Gasteiger partial charge in [0.1, 0.15) is 21.7 Å². The number of methoxy groups -OCH3 is 1. The van der Waals surface area contributed by atoms with Crippen LogP contribution in [-0.2, 0) is 23.5 Å². The van der Waals surface area contributed by atoms with Gasteiger partial charge in [-0.2, -0.15) is 0 Å². The van der Waals surface area contributed by atoms with Gasteiger partial charge in [0.2, 0.25) is 0 Å². The van der Waals surface area contributed by atoms with Crippen LogP contribution in [0.15, 0.2) is 41.0 Å². The van der Waals surface area contributed by atoms with Crippen LogP contribution in [0.5, 0.6) is 5.75 Å². The monoisotopic (exact) mass is 513 g/mol. The molecule has 33 heavy (non-hydrogen) atoms. The average molecular weight is 514 g/mol. The minimum atomic E-state index is -2.12. The van der Waals surface area contributed by atoms with Crippen molar-refractivity contribution in [3.05, 3.63) is 41.6 Å². The molecule has 0 aliphatic carbocycles.